The van der Waals surface area contributed by atoms with Crippen molar-refractivity contribution in [3.63, 3.8) is 0 Å². The molecule has 1 amide bonds. The number of nitrogens with one attached hydrogen (secondary N) is 1. The summed E-state index contributed by atoms with van der Waals surface area (Å²) < 4.78 is 0.910. The highest BCUT2D eigenvalue weighted by Gasteiger charge is 2.11. The first-order chi connectivity index (χ1) is 10.1. The number of amides is 1. The van der Waals surface area contributed by atoms with Crippen LogP contribution in [0.15, 0.2) is 53.3 Å². The zero-order chi connectivity index (χ0) is 14.8. The fourth-order valence-electron chi connectivity index (χ4n) is 2.08. The van der Waals surface area contributed by atoms with E-state index >= 15 is 0 Å². The van der Waals surface area contributed by atoms with Gasteiger partial charge in [0.2, 0.25) is 0 Å². The van der Waals surface area contributed by atoms with Crippen molar-refractivity contribution in [1.29, 1.82) is 0 Å². The predicted octanol–water partition coefficient (Wildman–Crippen LogP) is 3.95. The van der Waals surface area contributed by atoms with Crippen LogP contribution in [0.2, 0.25) is 0 Å². The second kappa shape index (κ2) is 5.61. The minimum absolute atomic E-state index is 0.214. The van der Waals surface area contributed by atoms with Crippen molar-refractivity contribution in [2.24, 2.45) is 0 Å². The van der Waals surface area contributed by atoms with Crippen molar-refractivity contribution in [1.82, 2.24) is 9.97 Å². The predicted molar refractivity (Wildman–Crippen MR) is 86.4 cm³/mol. The number of pyridine rings is 2. The summed E-state index contributed by atoms with van der Waals surface area (Å²) in [4.78, 5) is 20.9. The highest BCUT2D eigenvalue weighted by molar-refractivity contribution is 9.10. The number of halogens is 1. The molecule has 1 aromatic carbocycles. The Bertz CT molecular complexity index is 827. The number of nitrogens with zero attached hydrogens (tertiary/aromatic N) is 2. The van der Waals surface area contributed by atoms with Gasteiger partial charge in [-0.25, -0.2) is 4.98 Å². The highest BCUT2D eigenvalue weighted by atomic mass is 79.9. The second-order valence-electron chi connectivity index (χ2n) is 4.65. The van der Waals surface area contributed by atoms with Crippen molar-refractivity contribution in [2.45, 2.75) is 6.92 Å². The minimum Gasteiger partial charge on any atom is -0.306 e. The van der Waals surface area contributed by atoms with Crippen molar-refractivity contribution in [2.75, 3.05) is 5.32 Å². The van der Waals surface area contributed by atoms with Crippen molar-refractivity contribution in [3.05, 3.63) is 64.4 Å². The lowest BCUT2D eigenvalue weighted by Gasteiger charge is -2.08. The van der Waals surface area contributed by atoms with Gasteiger partial charge in [-0.05, 0) is 46.6 Å². The third-order valence-electron chi connectivity index (χ3n) is 3.17. The van der Waals surface area contributed by atoms with E-state index in [-0.39, 0.29) is 5.91 Å². The van der Waals surface area contributed by atoms with Crippen molar-refractivity contribution < 1.29 is 4.79 Å². The van der Waals surface area contributed by atoms with Gasteiger partial charge in [0, 0.05) is 22.3 Å². The lowest BCUT2D eigenvalue weighted by atomic mass is 10.1. The molecule has 3 rings (SSSR count). The quantitative estimate of drug-likeness (QED) is 0.767. The molecule has 0 radical (unpaired) electrons. The van der Waals surface area contributed by atoms with Crippen LogP contribution >= 0.6 is 15.9 Å². The molecule has 0 atom stereocenters. The van der Waals surface area contributed by atoms with Crippen LogP contribution in [-0.4, -0.2) is 15.9 Å². The van der Waals surface area contributed by atoms with E-state index in [9.17, 15) is 4.79 Å². The number of aryl methyl sites for hydroxylation is 1. The first-order valence-electron chi connectivity index (χ1n) is 6.42. The van der Waals surface area contributed by atoms with Gasteiger partial charge >= 0.3 is 0 Å². The molecule has 2 aromatic heterocycles. The Morgan fingerprint density at radius 2 is 2.00 bits per heavy atom. The maximum atomic E-state index is 12.4. The van der Waals surface area contributed by atoms with E-state index in [0.717, 1.165) is 15.4 Å². The summed E-state index contributed by atoms with van der Waals surface area (Å²) in [5.41, 5.74) is 2.23. The van der Waals surface area contributed by atoms with E-state index in [2.05, 4.69) is 31.2 Å². The SMILES string of the molecule is Cc1cc(NC(=O)c2cccc3cccnc23)ncc1Br. The van der Waals surface area contributed by atoms with Crippen LogP contribution in [-0.2, 0) is 0 Å². The Balaban J connectivity index is 1.95. The van der Waals surface area contributed by atoms with Gasteiger partial charge in [-0.1, -0.05) is 18.2 Å². The Kier molecular flexibility index (Phi) is 3.66. The lowest BCUT2D eigenvalue weighted by Crippen LogP contribution is -2.13. The van der Waals surface area contributed by atoms with Gasteiger partial charge in [0.15, 0.2) is 0 Å². The van der Waals surface area contributed by atoms with Crippen molar-refractivity contribution in [3.8, 4) is 0 Å². The summed E-state index contributed by atoms with van der Waals surface area (Å²) in [7, 11) is 0. The third kappa shape index (κ3) is 2.78. The molecule has 1 N–H and O–H groups in total. The lowest BCUT2D eigenvalue weighted by molar-refractivity contribution is 0.102. The first kappa shape index (κ1) is 13.7. The van der Waals surface area contributed by atoms with Gasteiger partial charge in [-0.15, -0.1) is 0 Å². The summed E-state index contributed by atoms with van der Waals surface area (Å²) in [5.74, 6) is 0.308. The highest BCUT2D eigenvalue weighted by Crippen LogP contribution is 2.20. The summed E-state index contributed by atoms with van der Waals surface area (Å²) in [6.07, 6.45) is 3.35. The van der Waals surface area contributed by atoms with E-state index < -0.39 is 0 Å². The molecule has 0 bridgehead atoms. The van der Waals surface area contributed by atoms with Crippen LogP contribution in [0, 0.1) is 6.92 Å². The summed E-state index contributed by atoms with van der Waals surface area (Å²) >= 11 is 3.39. The van der Waals surface area contributed by atoms with Crippen LogP contribution in [0.5, 0.6) is 0 Å². The molecule has 5 heteroatoms. The van der Waals surface area contributed by atoms with Gasteiger partial charge in [0.1, 0.15) is 5.82 Å². The van der Waals surface area contributed by atoms with Crippen LogP contribution in [0.4, 0.5) is 5.82 Å². The standard InChI is InChI=1S/C16H12BrN3O/c1-10-8-14(19-9-13(10)17)20-16(21)12-6-2-4-11-5-3-7-18-15(11)12/h2-9H,1H3,(H,19,20,21). The molecular formula is C16H12BrN3O. The van der Waals surface area contributed by atoms with E-state index in [1.165, 1.54) is 0 Å². The Labute approximate surface area is 130 Å². The number of fused-ring (bicyclic) bond motifs is 1. The molecule has 4 nitrogen and oxygen atoms in total. The zero-order valence-corrected chi connectivity index (χ0v) is 12.9. The fraction of sp³-hybridized carbons (Fsp3) is 0.0625. The van der Waals surface area contributed by atoms with E-state index in [1.807, 2.05) is 37.3 Å². The van der Waals surface area contributed by atoms with E-state index in [4.69, 9.17) is 0 Å². The zero-order valence-electron chi connectivity index (χ0n) is 11.3. The van der Waals surface area contributed by atoms with Crippen LogP contribution in [0.1, 0.15) is 15.9 Å². The van der Waals surface area contributed by atoms with Crippen molar-refractivity contribution >= 4 is 38.6 Å². The number of hydrogen-bond acceptors (Lipinski definition) is 3. The summed E-state index contributed by atoms with van der Waals surface area (Å²) in [6, 6.07) is 11.1. The molecule has 0 unspecified atom stereocenters. The number of benzene rings is 1. The number of aromatic nitrogens is 2. The molecule has 3 aromatic rings. The Hall–Kier alpha value is -2.27. The monoisotopic (exact) mass is 341 g/mol. The smallest absolute Gasteiger partial charge is 0.259 e. The first-order valence-corrected chi connectivity index (χ1v) is 7.22. The minimum atomic E-state index is -0.214. The second-order valence-corrected chi connectivity index (χ2v) is 5.51. The van der Waals surface area contributed by atoms with E-state index in [1.54, 1.807) is 18.5 Å². The average Bonchev–Trinajstić information content (AvgIpc) is 2.50. The number of rotatable bonds is 2. The molecule has 104 valence electrons. The maximum absolute atomic E-state index is 12.4. The number of para-hydroxylation sites is 1. The molecule has 2 heterocycles. The third-order valence-corrected chi connectivity index (χ3v) is 4.00. The van der Waals surface area contributed by atoms with Crippen LogP contribution in [0.25, 0.3) is 10.9 Å². The topological polar surface area (TPSA) is 54.9 Å². The van der Waals surface area contributed by atoms with Gasteiger partial charge in [0.25, 0.3) is 5.91 Å². The molecule has 0 saturated heterocycles. The van der Waals surface area contributed by atoms with Gasteiger partial charge < -0.3 is 5.32 Å². The average molecular weight is 342 g/mol. The number of carbonyl (C=O) groups is 1. The molecule has 0 spiro atoms. The molecule has 0 aliphatic rings. The van der Waals surface area contributed by atoms with Gasteiger partial charge in [0.05, 0.1) is 11.1 Å². The van der Waals surface area contributed by atoms with E-state index in [0.29, 0.717) is 16.9 Å². The molecule has 0 aliphatic carbocycles. The normalized spacial score (nSPS) is 10.6. The maximum Gasteiger partial charge on any atom is 0.259 e. The Morgan fingerprint density at radius 1 is 1.19 bits per heavy atom. The van der Waals surface area contributed by atoms with Gasteiger partial charge in [-0.3, -0.25) is 9.78 Å². The number of hydrogen-bond donors (Lipinski definition) is 1. The van der Waals surface area contributed by atoms with Gasteiger partial charge in [-0.2, -0.15) is 0 Å². The Morgan fingerprint density at radius 3 is 2.81 bits per heavy atom. The molecule has 0 fully saturated rings. The largest absolute Gasteiger partial charge is 0.306 e. The molecule has 21 heavy (non-hydrogen) atoms. The number of anilines is 1. The fourth-order valence-corrected chi connectivity index (χ4v) is 2.30. The molecule has 0 aliphatic heterocycles. The summed E-state index contributed by atoms with van der Waals surface area (Å²) in [6.45, 7) is 1.95. The number of carbonyl (C=O) groups excluding carboxylic acids is 1. The summed E-state index contributed by atoms with van der Waals surface area (Å²) in [5, 5.41) is 3.74. The molecule has 0 saturated carbocycles. The molecular weight excluding hydrogens is 330 g/mol. The van der Waals surface area contributed by atoms with Crippen LogP contribution in [0.3, 0.4) is 0 Å². The van der Waals surface area contributed by atoms with Crippen LogP contribution < -0.4 is 5.32 Å².